The summed E-state index contributed by atoms with van der Waals surface area (Å²) in [5.74, 6) is -1.81. The lowest BCUT2D eigenvalue weighted by atomic mass is 10.1. The SMILES string of the molecule is O=C(O)CCCCCCC(=O)Nc1ccc(C(=O)N/N=C2\C(=O)Nc3ccc(I)cc32)cc1. The van der Waals surface area contributed by atoms with Crippen molar-refractivity contribution in [2.24, 2.45) is 5.10 Å². The minimum Gasteiger partial charge on any atom is -0.481 e. The number of nitrogens with zero attached hydrogens (tertiary/aromatic N) is 1. The Hall–Kier alpha value is -3.28. The molecule has 1 aliphatic rings. The number of nitrogens with one attached hydrogen (secondary N) is 3. The van der Waals surface area contributed by atoms with E-state index in [-0.39, 0.29) is 23.9 Å². The van der Waals surface area contributed by atoms with Crippen molar-refractivity contribution in [3.8, 4) is 0 Å². The quantitative estimate of drug-likeness (QED) is 0.199. The van der Waals surface area contributed by atoms with Crippen molar-refractivity contribution in [1.82, 2.24) is 5.43 Å². The van der Waals surface area contributed by atoms with E-state index in [1.54, 1.807) is 30.3 Å². The second kappa shape index (κ2) is 11.5. The fourth-order valence-electron chi connectivity index (χ4n) is 3.25. The Bertz CT molecular complexity index is 1100. The number of benzene rings is 2. The molecule has 9 nitrogen and oxygen atoms in total. The molecule has 0 bridgehead atoms. The Balaban J connectivity index is 1.48. The Kier molecular flexibility index (Phi) is 8.52. The highest BCUT2D eigenvalue weighted by atomic mass is 127. The van der Waals surface area contributed by atoms with Crippen LogP contribution in [0.2, 0.25) is 0 Å². The third kappa shape index (κ3) is 7.11. The van der Waals surface area contributed by atoms with E-state index in [0.717, 1.165) is 16.4 Å². The fraction of sp³-hybridized carbons (Fsp3) is 0.261. The summed E-state index contributed by atoms with van der Waals surface area (Å²) in [6, 6.07) is 11.8. The van der Waals surface area contributed by atoms with Gasteiger partial charge in [-0.25, -0.2) is 5.43 Å². The van der Waals surface area contributed by atoms with E-state index in [1.165, 1.54) is 0 Å². The number of aliphatic carboxylic acids is 1. The zero-order chi connectivity index (χ0) is 23.8. The Morgan fingerprint density at radius 3 is 2.36 bits per heavy atom. The van der Waals surface area contributed by atoms with Gasteiger partial charge in [0.1, 0.15) is 0 Å². The van der Waals surface area contributed by atoms with Crippen LogP contribution in [0.4, 0.5) is 11.4 Å². The number of hydrazone groups is 1. The molecule has 0 aliphatic carbocycles. The maximum atomic E-state index is 12.4. The van der Waals surface area contributed by atoms with Crippen molar-refractivity contribution in [2.45, 2.75) is 38.5 Å². The van der Waals surface area contributed by atoms with Crippen molar-refractivity contribution >= 4 is 63.4 Å². The van der Waals surface area contributed by atoms with Gasteiger partial charge in [0.05, 0.1) is 5.69 Å². The van der Waals surface area contributed by atoms with Crippen molar-refractivity contribution in [1.29, 1.82) is 0 Å². The summed E-state index contributed by atoms with van der Waals surface area (Å²) in [6.07, 6.45) is 3.36. The van der Waals surface area contributed by atoms with Crippen LogP contribution < -0.4 is 16.1 Å². The van der Waals surface area contributed by atoms with E-state index in [1.807, 2.05) is 12.1 Å². The molecule has 172 valence electrons. The molecule has 0 saturated heterocycles. The predicted molar refractivity (Wildman–Crippen MR) is 132 cm³/mol. The number of carbonyl (C=O) groups excluding carboxylic acids is 3. The average molecular weight is 562 g/mol. The van der Waals surface area contributed by atoms with Crippen LogP contribution in [0.15, 0.2) is 47.6 Å². The van der Waals surface area contributed by atoms with Gasteiger partial charge < -0.3 is 15.7 Å². The van der Waals surface area contributed by atoms with Gasteiger partial charge in [-0.1, -0.05) is 12.8 Å². The molecule has 3 rings (SSSR count). The molecule has 0 aromatic heterocycles. The molecule has 2 aromatic carbocycles. The third-order valence-electron chi connectivity index (χ3n) is 4.94. The first-order valence-electron chi connectivity index (χ1n) is 10.4. The summed E-state index contributed by atoms with van der Waals surface area (Å²) in [5, 5.41) is 18.1. The van der Waals surface area contributed by atoms with Gasteiger partial charge in [-0.05, 0) is 77.9 Å². The highest BCUT2D eigenvalue weighted by Gasteiger charge is 2.26. The highest BCUT2D eigenvalue weighted by Crippen LogP contribution is 2.25. The highest BCUT2D eigenvalue weighted by molar-refractivity contribution is 14.1. The zero-order valence-electron chi connectivity index (χ0n) is 17.7. The number of anilines is 2. The number of unbranched alkanes of at least 4 members (excludes halogenated alkanes) is 3. The number of hydrogen-bond donors (Lipinski definition) is 4. The minimum atomic E-state index is -0.804. The van der Waals surface area contributed by atoms with Crippen LogP contribution in [-0.2, 0) is 14.4 Å². The van der Waals surface area contributed by atoms with E-state index in [0.29, 0.717) is 41.8 Å². The van der Waals surface area contributed by atoms with Crippen LogP contribution in [0, 0.1) is 3.57 Å². The van der Waals surface area contributed by atoms with Gasteiger partial charge in [0.25, 0.3) is 11.8 Å². The molecule has 4 N–H and O–H groups in total. The number of carboxylic acids is 1. The summed E-state index contributed by atoms with van der Waals surface area (Å²) in [6.45, 7) is 0. The summed E-state index contributed by atoms with van der Waals surface area (Å²) < 4.78 is 0.942. The van der Waals surface area contributed by atoms with E-state index in [9.17, 15) is 19.2 Å². The molecule has 0 unspecified atom stereocenters. The second-order valence-electron chi connectivity index (χ2n) is 7.48. The molecule has 2 aromatic rings. The lowest BCUT2D eigenvalue weighted by molar-refractivity contribution is -0.137. The minimum absolute atomic E-state index is 0.141. The first-order chi connectivity index (χ1) is 15.8. The van der Waals surface area contributed by atoms with Crippen molar-refractivity contribution in [3.63, 3.8) is 0 Å². The van der Waals surface area contributed by atoms with Crippen LogP contribution in [0.3, 0.4) is 0 Å². The van der Waals surface area contributed by atoms with E-state index < -0.39 is 11.9 Å². The molecule has 1 aliphatic heterocycles. The largest absolute Gasteiger partial charge is 0.481 e. The number of amides is 3. The number of carboxylic acid groups (broad SMARTS) is 1. The monoisotopic (exact) mass is 562 g/mol. The average Bonchev–Trinajstić information content (AvgIpc) is 3.09. The topological polar surface area (TPSA) is 137 Å². The predicted octanol–water partition coefficient (Wildman–Crippen LogP) is 3.74. The van der Waals surface area contributed by atoms with Crippen LogP contribution >= 0.6 is 22.6 Å². The maximum absolute atomic E-state index is 12.4. The Morgan fingerprint density at radius 2 is 1.67 bits per heavy atom. The second-order valence-corrected chi connectivity index (χ2v) is 8.72. The van der Waals surface area contributed by atoms with Gasteiger partial charge in [0, 0.05) is 33.2 Å². The summed E-state index contributed by atoms with van der Waals surface area (Å²) in [7, 11) is 0. The van der Waals surface area contributed by atoms with Crippen LogP contribution in [0.1, 0.15) is 54.4 Å². The van der Waals surface area contributed by atoms with Crippen LogP contribution in [0.5, 0.6) is 0 Å². The number of hydrogen-bond acceptors (Lipinski definition) is 5. The van der Waals surface area contributed by atoms with Gasteiger partial charge in [-0.2, -0.15) is 5.10 Å². The number of carbonyl (C=O) groups is 4. The summed E-state index contributed by atoms with van der Waals surface area (Å²) in [5.41, 5.74) is 4.72. The first-order valence-corrected chi connectivity index (χ1v) is 11.5. The standard InChI is InChI=1S/C23H23IN4O5/c24-15-9-12-18-17(13-15)21(23(33)26-18)27-28-22(32)14-7-10-16(11-8-14)25-19(29)5-3-1-2-4-6-20(30)31/h7-13H,1-6H2,(H,25,29)(H,28,32)(H,30,31)(H,26,27,33). The Morgan fingerprint density at radius 1 is 0.970 bits per heavy atom. The molecular formula is C23H23IN4O5. The van der Waals surface area contributed by atoms with Crippen LogP contribution in [0.25, 0.3) is 0 Å². The zero-order valence-corrected chi connectivity index (χ0v) is 19.8. The summed E-state index contributed by atoms with van der Waals surface area (Å²) in [4.78, 5) is 47.0. The third-order valence-corrected chi connectivity index (χ3v) is 5.62. The number of rotatable bonds is 10. The smallest absolute Gasteiger partial charge is 0.303 e. The number of fused-ring (bicyclic) bond motifs is 1. The molecule has 10 heteroatoms. The van der Waals surface area contributed by atoms with Gasteiger partial charge in [-0.15, -0.1) is 0 Å². The number of halogens is 1. The lowest BCUT2D eigenvalue weighted by Crippen LogP contribution is -2.23. The fourth-order valence-corrected chi connectivity index (χ4v) is 3.74. The van der Waals surface area contributed by atoms with Crippen LogP contribution in [-0.4, -0.2) is 34.5 Å². The maximum Gasteiger partial charge on any atom is 0.303 e. The van der Waals surface area contributed by atoms with Crippen molar-refractivity contribution in [3.05, 3.63) is 57.2 Å². The molecule has 3 amide bonds. The molecule has 0 radical (unpaired) electrons. The molecule has 33 heavy (non-hydrogen) atoms. The van der Waals surface area contributed by atoms with E-state index in [2.05, 4.69) is 43.8 Å². The lowest BCUT2D eigenvalue weighted by Gasteiger charge is -2.06. The van der Waals surface area contributed by atoms with E-state index in [4.69, 9.17) is 5.11 Å². The molecule has 0 atom stereocenters. The van der Waals surface area contributed by atoms with Gasteiger partial charge in [0.2, 0.25) is 5.91 Å². The van der Waals surface area contributed by atoms with Crippen molar-refractivity contribution < 1.29 is 24.3 Å². The summed E-state index contributed by atoms with van der Waals surface area (Å²) >= 11 is 2.14. The van der Waals surface area contributed by atoms with Crippen molar-refractivity contribution in [2.75, 3.05) is 10.6 Å². The molecule has 0 spiro atoms. The Labute approximate surface area is 204 Å². The first kappa shape index (κ1) is 24.4. The molecule has 1 heterocycles. The van der Waals surface area contributed by atoms with E-state index >= 15 is 0 Å². The van der Waals surface area contributed by atoms with Gasteiger partial charge in [-0.3, -0.25) is 19.2 Å². The molecule has 0 saturated carbocycles. The van der Waals surface area contributed by atoms with Gasteiger partial charge >= 0.3 is 5.97 Å². The normalized spacial score (nSPS) is 13.4. The van der Waals surface area contributed by atoms with Gasteiger partial charge in [0.15, 0.2) is 5.71 Å². The molecular weight excluding hydrogens is 539 g/mol. The molecule has 0 fully saturated rings.